The summed E-state index contributed by atoms with van der Waals surface area (Å²) in [7, 11) is -3.11. The van der Waals surface area contributed by atoms with Crippen molar-refractivity contribution in [2.24, 2.45) is 0 Å². The number of methoxy groups -OCH3 is 1. The number of benzene rings is 3. The lowest BCUT2D eigenvalue weighted by molar-refractivity contribution is -0.137. The lowest BCUT2D eigenvalue weighted by atomic mass is 9.95. The fourth-order valence-corrected chi connectivity index (χ4v) is 5.60. The minimum absolute atomic E-state index is 0.00276. The van der Waals surface area contributed by atoms with Gasteiger partial charge in [0.1, 0.15) is 5.75 Å². The summed E-state index contributed by atoms with van der Waals surface area (Å²) >= 11 is 0. The molecule has 3 aromatic carbocycles. The second-order valence-corrected chi connectivity index (χ2v) is 9.89. The van der Waals surface area contributed by atoms with Gasteiger partial charge >= 0.3 is 6.18 Å². The van der Waals surface area contributed by atoms with E-state index in [1.807, 2.05) is 0 Å². The summed E-state index contributed by atoms with van der Waals surface area (Å²) in [5.74, 6) is -2.33. The van der Waals surface area contributed by atoms with E-state index in [1.165, 1.54) is 61.7 Å². The zero-order valence-electron chi connectivity index (χ0n) is 19.2. The van der Waals surface area contributed by atoms with Crippen LogP contribution in [0.4, 0.5) is 18.9 Å². The normalized spacial score (nSPS) is 17.1. The van der Waals surface area contributed by atoms with Gasteiger partial charge in [-0.2, -0.15) is 17.5 Å². The molecule has 0 radical (unpaired) electrons. The Morgan fingerprint density at radius 3 is 2.32 bits per heavy atom. The fraction of sp³-hybridized carbons (Fsp3) is 0.160. The van der Waals surface area contributed by atoms with Gasteiger partial charge in [0.2, 0.25) is 15.9 Å². The second kappa shape index (κ2) is 9.79. The number of carbonyl (C=O) groups is 3. The second-order valence-electron chi connectivity index (χ2n) is 8.03. The Labute approximate surface area is 209 Å². The van der Waals surface area contributed by atoms with Crippen LogP contribution in [-0.2, 0) is 21.0 Å². The maximum absolute atomic E-state index is 13.4. The molecule has 12 heteroatoms. The smallest absolute Gasteiger partial charge is 0.416 e. The molecular formula is C25H19F3N2O6S. The third kappa shape index (κ3) is 5.11. The van der Waals surface area contributed by atoms with Gasteiger partial charge in [-0.3, -0.25) is 14.4 Å². The number of fused-ring (bicyclic) bond motifs is 1. The molecule has 8 nitrogen and oxygen atoms in total. The predicted molar refractivity (Wildman–Crippen MR) is 126 cm³/mol. The predicted octanol–water partition coefficient (Wildman–Crippen LogP) is 3.79. The van der Waals surface area contributed by atoms with Crippen molar-refractivity contribution >= 4 is 33.2 Å². The van der Waals surface area contributed by atoms with Crippen LogP contribution >= 0.6 is 0 Å². The van der Waals surface area contributed by atoms with Gasteiger partial charge in [0.15, 0.2) is 17.6 Å². The first kappa shape index (κ1) is 26.0. The van der Waals surface area contributed by atoms with Crippen molar-refractivity contribution in [2.45, 2.75) is 17.1 Å². The highest BCUT2D eigenvalue weighted by Crippen LogP contribution is 2.33. The van der Waals surface area contributed by atoms with Crippen LogP contribution in [-0.4, -0.2) is 49.9 Å². The molecule has 37 heavy (non-hydrogen) atoms. The highest BCUT2D eigenvalue weighted by molar-refractivity contribution is 7.89. The number of nitrogens with one attached hydrogen (secondary N) is 1. The summed E-state index contributed by atoms with van der Waals surface area (Å²) in [6, 6.07) is 12.7. The number of sulfonamides is 1. The van der Waals surface area contributed by atoms with Gasteiger partial charge in [-0.25, -0.2) is 8.42 Å². The van der Waals surface area contributed by atoms with Crippen LogP contribution in [0.5, 0.6) is 5.75 Å². The van der Waals surface area contributed by atoms with E-state index in [0.29, 0.717) is 16.1 Å². The molecular weight excluding hydrogens is 513 g/mol. The summed E-state index contributed by atoms with van der Waals surface area (Å²) in [4.78, 5) is 39.1. The van der Waals surface area contributed by atoms with Gasteiger partial charge in [0.05, 0.1) is 24.1 Å². The first-order valence-corrected chi connectivity index (χ1v) is 12.2. The van der Waals surface area contributed by atoms with Crippen molar-refractivity contribution in [3.63, 3.8) is 0 Å². The number of anilines is 1. The number of carbonyl (C=O) groups excluding carboxylic acids is 3. The van der Waals surface area contributed by atoms with Crippen LogP contribution in [0.15, 0.2) is 77.7 Å². The SMILES string of the molecule is COc1ccc(C(=O)C2C(=O)c3ccccc3S(=O)(=O)N2CC(=O)Nc2cccc(C(F)(F)F)c2)cc1. The number of nitrogens with zero attached hydrogens (tertiary/aromatic N) is 1. The molecule has 3 aromatic rings. The number of halogens is 3. The van der Waals surface area contributed by atoms with Crippen molar-refractivity contribution in [1.29, 1.82) is 0 Å². The molecule has 4 rings (SSSR count). The third-order valence-corrected chi connectivity index (χ3v) is 7.54. The molecule has 0 saturated carbocycles. The van der Waals surface area contributed by atoms with E-state index in [2.05, 4.69) is 5.32 Å². The molecule has 1 unspecified atom stereocenters. The van der Waals surface area contributed by atoms with E-state index in [4.69, 9.17) is 4.74 Å². The lowest BCUT2D eigenvalue weighted by Gasteiger charge is -2.33. The molecule has 0 saturated heterocycles. The monoisotopic (exact) mass is 532 g/mol. The molecule has 0 spiro atoms. The van der Waals surface area contributed by atoms with E-state index in [1.54, 1.807) is 0 Å². The number of hydrogen-bond donors (Lipinski definition) is 1. The number of hydrogen-bond acceptors (Lipinski definition) is 6. The van der Waals surface area contributed by atoms with E-state index >= 15 is 0 Å². The average Bonchev–Trinajstić information content (AvgIpc) is 2.87. The van der Waals surface area contributed by atoms with Gasteiger partial charge in [0.25, 0.3) is 0 Å². The van der Waals surface area contributed by atoms with Crippen molar-refractivity contribution in [2.75, 3.05) is 19.0 Å². The number of ketones is 2. The van der Waals surface area contributed by atoms with Gasteiger partial charge in [-0.15, -0.1) is 0 Å². The number of amides is 1. The summed E-state index contributed by atoms with van der Waals surface area (Å²) < 4.78 is 71.5. The molecule has 1 atom stereocenters. The van der Waals surface area contributed by atoms with Crippen LogP contribution in [0, 0.1) is 0 Å². The maximum atomic E-state index is 13.4. The van der Waals surface area contributed by atoms with Gasteiger partial charge < -0.3 is 10.1 Å². The lowest BCUT2D eigenvalue weighted by Crippen LogP contribution is -2.55. The van der Waals surface area contributed by atoms with E-state index in [0.717, 1.165) is 12.1 Å². The van der Waals surface area contributed by atoms with Crippen LogP contribution in [0.2, 0.25) is 0 Å². The number of alkyl halides is 3. The molecule has 0 bridgehead atoms. The Bertz CT molecular complexity index is 1490. The molecule has 0 aliphatic carbocycles. The average molecular weight is 532 g/mol. The molecule has 1 aliphatic rings. The third-order valence-electron chi connectivity index (χ3n) is 5.67. The minimum Gasteiger partial charge on any atom is -0.497 e. The molecule has 1 amide bonds. The van der Waals surface area contributed by atoms with E-state index in [-0.39, 0.29) is 21.7 Å². The number of ether oxygens (including phenoxy) is 1. The zero-order chi connectivity index (χ0) is 27.0. The molecule has 192 valence electrons. The Balaban J connectivity index is 1.71. The standard InChI is InChI=1S/C25H19F3N2O6S/c1-36-18-11-9-15(10-12-18)23(32)22-24(33)19-7-2-3-8-20(19)37(34,35)30(22)14-21(31)29-17-6-4-5-16(13-17)25(26,27)28/h2-13,22H,14H2,1H3,(H,29,31). The first-order chi connectivity index (χ1) is 17.4. The van der Waals surface area contributed by atoms with Crippen LogP contribution in [0.1, 0.15) is 26.3 Å². The van der Waals surface area contributed by atoms with Crippen molar-refractivity contribution < 1.29 is 40.7 Å². The highest BCUT2D eigenvalue weighted by atomic mass is 32.2. The first-order valence-electron chi connectivity index (χ1n) is 10.7. The van der Waals surface area contributed by atoms with Crippen LogP contribution in [0.25, 0.3) is 0 Å². The molecule has 0 aromatic heterocycles. The molecule has 0 fully saturated rings. The molecule has 1 aliphatic heterocycles. The number of rotatable bonds is 6. The van der Waals surface area contributed by atoms with Crippen molar-refractivity contribution in [3.05, 3.63) is 89.5 Å². The number of Topliss-reactive ketones (excluding diaryl/α,β-unsaturated/α-hetero) is 2. The minimum atomic E-state index is -4.66. The van der Waals surface area contributed by atoms with Crippen LogP contribution in [0.3, 0.4) is 0 Å². The largest absolute Gasteiger partial charge is 0.497 e. The summed E-state index contributed by atoms with van der Waals surface area (Å²) in [5, 5.41) is 2.21. The fourth-order valence-electron chi connectivity index (χ4n) is 3.89. The Hall–Kier alpha value is -4.03. The van der Waals surface area contributed by atoms with Crippen molar-refractivity contribution in [3.8, 4) is 5.75 Å². The van der Waals surface area contributed by atoms with Crippen LogP contribution < -0.4 is 10.1 Å². The van der Waals surface area contributed by atoms with Gasteiger partial charge in [-0.1, -0.05) is 18.2 Å². The Kier molecular flexibility index (Phi) is 6.89. The van der Waals surface area contributed by atoms with E-state index in [9.17, 15) is 36.0 Å². The molecule has 1 N–H and O–H groups in total. The topological polar surface area (TPSA) is 110 Å². The maximum Gasteiger partial charge on any atom is 0.416 e. The summed E-state index contributed by atoms with van der Waals surface area (Å²) in [6.07, 6.45) is -4.66. The Morgan fingerprint density at radius 1 is 1.00 bits per heavy atom. The van der Waals surface area contributed by atoms with Crippen molar-refractivity contribution in [1.82, 2.24) is 4.31 Å². The van der Waals surface area contributed by atoms with Gasteiger partial charge in [0, 0.05) is 16.8 Å². The quantitative estimate of drug-likeness (QED) is 0.382. The molecule has 1 heterocycles. The zero-order valence-corrected chi connectivity index (χ0v) is 20.0. The highest BCUT2D eigenvalue weighted by Gasteiger charge is 2.48. The van der Waals surface area contributed by atoms with Gasteiger partial charge in [-0.05, 0) is 54.6 Å². The summed E-state index contributed by atoms with van der Waals surface area (Å²) in [6.45, 7) is -0.995. The summed E-state index contributed by atoms with van der Waals surface area (Å²) in [5.41, 5.74) is -1.47. The Morgan fingerprint density at radius 2 is 1.68 bits per heavy atom. The van der Waals surface area contributed by atoms with E-state index < -0.39 is 51.8 Å².